The number of rotatable bonds is 9. The highest BCUT2D eigenvalue weighted by molar-refractivity contribution is 14.0. The van der Waals surface area contributed by atoms with Crippen molar-refractivity contribution in [3.8, 4) is 0 Å². The van der Waals surface area contributed by atoms with E-state index in [0.29, 0.717) is 0 Å². The van der Waals surface area contributed by atoms with Gasteiger partial charge in [-0.1, -0.05) is 26.2 Å². The maximum Gasteiger partial charge on any atom is 0.190 e. The lowest BCUT2D eigenvalue weighted by atomic mass is 10.1. The largest absolute Gasteiger partial charge is 0.356 e. The van der Waals surface area contributed by atoms with Crippen LogP contribution in [0.4, 0.5) is 0 Å². The Morgan fingerprint density at radius 1 is 0.952 bits per heavy atom. The number of likely N-dealkylation sites (tertiary alicyclic amines) is 1. The van der Waals surface area contributed by atoms with Crippen molar-refractivity contribution in [1.29, 1.82) is 0 Å². The van der Waals surface area contributed by atoms with Gasteiger partial charge in [0.1, 0.15) is 0 Å². The summed E-state index contributed by atoms with van der Waals surface area (Å²) < 4.78 is 0. The van der Waals surface area contributed by atoms with Crippen molar-refractivity contribution >= 4 is 29.9 Å². The lowest BCUT2D eigenvalue weighted by Crippen LogP contribution is -2.38. The molecule has 0 aromatic heterocycles. The monoisotopic (exact) mass is 410 g/mol. The Labute approximate surface area is 148 Å². The smallest absolute Gasteiger partial charge is 0.190 e. The Morgan fingerprint density at radius 3 is 2.24 bits per heavy atom. The zero-order valence-corrected chi connectivity index (χ0v) is 16.3. The van der Waals surface area contributed by atoms with Crippen LogP contribution in [0.5, 0.6) is 0 Å². The van der Waals surface area contributed by atoms with Crippen molar-refractivity contribution in [1.82, 2.24) is 15.5 Å². The third-order valence-electron chi connectivity index (χ3n) is 3.94. The molecule has 0 aromatic rings. The Hall–Kier alpha value is -0.0400. The number of hydrogen-bond acceptors (Lipinski definition) is 2. The van der Waals surface area contributed by atoms with Crippen molar-refractivity contribution in [3.63, 3.8) is 0 Å². The van der Waals surface area contributed by atoms with Gasteiger partial charge in [-0.25, -0.2) is 0 Å². The summed E-state index contributed by atoms with van der Waals surface area (Å²) in [5.74, 6) is 0.953. The minimum Gasteiger partial charge on any atom is -0.356 e. The first-order valence-electron chi connectivity index (χ1n) is 8.53. The van der Waals surface area contributed by atoms with E-state index in [1.807, 2.05) is 7.05 Å². The molecule has 0 bridgehead atoms. The first kappa shape index (κ1) is 21.0. The standard InChI is InChI=1S/C16H34N4.HI/c1-3-4-11-18-16(17-2)19-12-7-5-8-13-20-14-9-6-10-15-20;/h3-15H2,1-2H3,(H2,17,18,19);1H. The maximum atomic E-state index is 4.24. The van der Waals surface area contributed by atoms with E-state index in [4.69, 9.17) is 0 Å². The molecule has 0 atom stereocenters. The van der Waals surface area contributed by atoms with Gasteiger partial charge < -0.3 is 15.5 Å². The van der Waals surface area contributed by atoms with Crippen LogP contribution in [0.15, 0.2) is 4.99 Å². The van der Waals surface area contributed by atoms with Crippen molar-refractivity contribution in [3.05, 3.63) is 0 Å². The number of piperidine rings is 1. The Kier molecular flexibility index (Phi) is 14.9. The van der Waals surface area contributed by atoms with Crippen LogP contribution in [0.25, 0.3) is 0 Å². The molecule has 0 unspecified atom stereocenters. The topological polar surface area (TPSA) is 39.7 Å². The predicted octanol–water partition coefficient (Wildman–Crippen LogP) is 3.23. The summed E-state index contributed by atoms with van der Waals surface area (Å²) >= 11 is 0. The van der Waals surface area contributed by atoms with Crippen molar-refractivity contribution < 1.29 is 0 Å². The SMILES string of the molecule is CCCCNC(=NC)NCCCCCN1CCCCC1.I. The molecule has 21 heavy (non-hydrogen) atoms. The van der Waals surface area contributed by atoms with Crippen LogP contribution in [-0.4, -0.2) is 50.6 Å². The summed E-state index contributed by atoms with van der Waals surface area (Å²) in [5.41, 5.74) is 0. The number of unbranched alkanes of at least 4 members (excludes halogenated alkanes) is 3. The fourth-order valence-electron chi connectivity index (χ4n) is 2.63. The van der Waals surface area contributed by atoms with Gasteiger partial charge >= 0.3 is 0 Å². The summed E-state index contributed by atoms with van der Waals surface area (Å²) in [7, 11) is 1.84. The normalized spacial score (nSPS) is 16.4. The molecule has 0 amide bonds. The fraction of sp³-hybridized carbons (Fsp3) is 0.938. The van der Waals surface area contributed by atoms with Crippen LogP contribution in [-0.2, 0) is 0 Å². The van der Waals surface area contributed by atoms with Crippen LogP contribution >= 0.6 is 24.0 Å². The van der Waals surface area contributed by atoms with Gasteiger partial charge in [-0.3, -0.25) is 4.99 Å². The molecule has 0 radical (unpaired) electrons. The van der Waals surface area contributed by atoms with E-state index >= 15 is 0 Å². The van der Waals surface area contributed by atoms with Crippen LogP contribution in [0.3, 0.4) is 0 Å². The lowest BCUT2D eigenvalue weighted by Gasteiger charge is -2.26. The third-order valence-corrected chi connectivity index (χ3v) is 3.94. The molecule has 5 heteroatoms. The molecule has 1 rings (SSSR count). The minimum absolute atomic E-state index is 0. The molecule has 0 spiro atoms. The molecule has 1 aliphatic rings. The summed E-state index contributed by atoms with van der Waals surface area (Å²) in [6, 6.07) is 0. The second kappa shape index (κ2) is 14.9. The summed E-state index contributed by atoms with van der Waals surface area (Å²) in [6.45, 7) is 8.21. The Morgan fingerprint density at radius 2 is 1.62 bits per heavy atom. The highest BCUT2D eigenvalue weighted by Crippen LogP contribution is 2.09. The van der Waals surface area contributed by atoms with E-state index in [9.17, 15) is 0 Å². The van der Waals surface area contributed by atoms with Gasteiger partial charge in [0.2, 0.25) is 0 Å². The molecule has 1 fully saturated rings. The van der Waals surface area contributed by atoms with Gasteiger partial charge in [-0.2, -0.15) is 0 Å². The van der Waals surface area contributed by atoms with Crippen molar-refractivity contribution in [2.45, 2.75) is 58.3 Å². The number of guanidine groups is 1. The molecule has 1 heterocycles. The van der Waals surface area contributed by atoms with E-state index in [2.05, 4.69) is 27.4 Å². The third kappa shape index (κ3) is 11.2. The maximum absolute atomic E-state index is 4.24. The molecule has 126 valence electrons. The van der Waals surface area contributed by atoms with Gasteiger partial charge in [-0.15, -0.1) is 24.0 Å². The summed E-state index contributed by atoms with van der Waals surface area (Å²) in [5, 5.41) is 6.74. The van der Waals surface area contributed by atoms with Crippen LogP contribution < -0.4 is 10.6 Å². The molecular weight excluding hydrogens is 375 g/mol. The molecule has 4 nitrogen and oxygen atoms in total. The lowest BCUT2D eigenvalue weighted by molar-refractivity contribution is 0.224. The van der Waals surface area contributed by atoms with E-state index < -0.39 is 0 Å². The fourth-order valence-corrected chi connectivity index (χ4v) is 2.63. The number of hydrogen-bond donors (Lipinski definition) is 2. The summed E-state index contributed by atoms with van der Waals surface area (Å²) in [6.07, 6.45) is 10.6. The van der Waals surface area contributed by atoms with Gasteiger partial charge in [0, 0.05) is 20.1 Å². The number of aliphatic imine (C=N–C) groups is 1. The molecule has 2 N–H and O–H groups in total. The van der Waals surface area contributed by atoms with Crippen LogP contribution in [0.1, 0.15) is 58.3 Å². The van der Waals surface area contributed by atoms with Gasteiger partial charge in [0.15, 0.2) is 5.96 Å². The quantitative estimate of drug-likeness (QED) is 0.265. The Balaban J connectivity index is 0.00000400. The van der Waals surface area contributed by atoms with Crippen molar-refractivity contribution in [2.75, 3.05) is 39.8 Å². The average molecular weight is 410 g/mol. The number of nitrogens with one attached hydrogen (secondary N) is 2. The molecule has 0 aromatic carbocycles. The average Bonchev–Trinajstić information content (AvgIpc) is 2.50. The summed E-state index contributed by atoms with van der Waals surface area (Å²) in [4.78, 5) is 6.86. The highest BCUT2D eigenvalue weighted by atomic mass is 127. The first-order valence-corrected chi connectivity index (χ1v) is 8.53. The number of halogens is 1. The van der Waals surface area contributed by atoms with Crippen LogP contribution in [0, 0.1) is 0 Å². The Bertz CT molecular complexity index is 253. The van der Waals surface area contributed by atoms with Gasteiger partial charge in [-0.05, 0) is 51.7 Å². The highest BCUT2D eigenvalue weighted by Gasteiger charge is 2.08. The molecule has 0 aliphatic carbocycles. The molecule has 1 aliphatic heterocycles. The van der Waals surface area contributed by atoms with Crippen LogP contribution in [0.2, 0.25) is 0 Å². The zero-order valence-electron chi connectivity index (χ0n) is 14.0. The molecule has 1 saturated heterocycles. The van der Waals surface area contributed by atoms with Crippen molar-refractivity contribution in [2.24, 2.45) is 4.99 Å². The molecule has 0 saturated carbocycles. The number of nitrogens with zero attached hydrogens (tertiary/aromatic N) is 2. The second-order valence-electron chi connectivity index (χ2n) is 5.74. The predicted molar refractivity (Wildman–Crippen MR) is 104 cm³/mol. The van der Waals surface area contributed by atoms with E-state index in [1.165, 1.54) is 71.0 Å². The van der Waals surface area contributed by atoms with E-state index in [1.54, 1.807) is 0 Å². The van der Waals surface area contributed by atoms with E-state index in [-0.39, 0.29) is 24.0 Å². The molecular formula is C16H35IN4. The van der Waals surface area contributed by atoms with Gasteiger partial charge in [0.25, 0.3) is 0 Å². The first-order chi connectivity index (χ1) is 9.86. The second-order valence-corrected chi connectivity index (χ2v) is 5.74. The van der Waals surface area contributed by atoms with E-state index in [0.717, 1.165) is 19.0 Å². The van der Waals surface area contributed by atoms with Gasteiger partial charge in [0.05, 0.1) is 0 Å². The minimum atomic E-state index is 0. The zero-order chi connectivity index (χ0) is 14.5.